The van der Waals surface area contributed by atoms with E-state index in [4.69, 9.17) is 10.5 Å². The second-order valence-electron chi connectivity index (χ2n) is 5.08. The number of nitrogens with two attached hydrogens (primary N) is 1. The molecule has 0 atom stereocenters. The number of piperazine rings is 1. The van der Waals surface area contributed by atoms with Crippen molar-refractivity contribution < 1.29 is 4.74 Å². The van der Waals surface area contributed by atoms with Crippen molar-refractivity contribution in [3.8, 4) is 0 Å². The molecule has 1 saturated heterocycles. The van der Waals surface area contributed by atoms with Gasteiger partial charge < -0.3 is 20.3 Å². The molecule has 1 aliphatic rings. The standard InChI is InChI=1S/C14H31N3O/c1-2-18-14-6-9-17-12-10-16(11-13-17)8-5-3-4-7-15/h2-15H2,1H3. The van der Waals surface area contributed by atoms with E-state index < -0.39 is 0 Å². The van der Waals surface area contributed by atoms with Gasteiger partial charge in [0, 0.05) is 45.9 Å². The number of hydrogen-bond acceptors (Lipinski definition) is 4. The molecule has 0 aromatic rings. The lowest BCUT2D eigenvalue weighted by Crippen LogP contribution is -2.46. The molecule has 4 nitrogen and oxygen atoms in total. The molecule has 0 spiro atoms. The molecule has 0 aromatic carbocycles. The van der Waals surface area contributed by atoms with Crippen LogP contribution in [0.4, 0.5) is 0 Å². The molecule has 0 saturated carbocycles. The van der Waals surface area contributed by atoms with Crippen molar-refractivity contribution in [2.75, 3.05) is 59.0 Å². The first-order valence-electron chi connectivity index (χ1n) is 7.59. The van der Waals surface area contributed by atoms with Crippen molar-refractivity contribution >= 4 is 0 Å². The van der Waals surface area contributed by atoms with Gasteiger partial charge in [0.05, 0.1) is 0 Å². The van der Waals surface area contributed by atoms with Gasteiger partial charge in [-0.1, -0.05) is 6.42 Å². The van der Waals surface area contributed by atoms with E-state index in [-0.39, 0.29) is 0 Å². The zero-order valence-electron chi connectivity index (χ0n) is 12.1. The highest BCUT2D eigenvalue weighted by Gasteiger charge is 2.15. The van der Waals surface area contributed by atoms with Crippen molar-refractivity contribution in [3.63, 3.8) is 0 Å². The Morgan fingerprint density at radius 2 is 1.50 bits per heavy atom. The van der Waals surface area contributed by atoms with Crippen molar-refractivity contribution in [2.45, 2.75) is 32.6 Å². The van der Waals surface area contributed by atoms with Crippen molar-refractivity contribution in [1.82, 2.24) is 9.80 Å². The fourth-order valence-electron chi connectivity index (χ4n) is 2.43. The molecule has 0 bridgehead atoms. The molecule has 1 heterocycles. The van der Waals surface area contributed by atoms with Crippen LogP contribution in [-0.4, -0.2) is 68.8 Å². The fraction of sp³-hybridized carbons (Fsp3) is 1.00. The first kappa shape index (κ1) is 15.9. The molecule has 0 unspecified atom stereocenters. The van der Waals surface area contributed by atoms with Crippen molar-refractivity contribution in [3.05, 3.63) is 0 Å². The first-order valence-corrected chi connectivity index (χ1v) is 7.59. The van der Waals surface area contributed by atoms with E-state index >= 15 is 0 Å². The summed E-state index contributed by atoms with van der Waals surface area (Å²) in [6, 6.07) is 0. The highest BCUT2D eigenvalue weighted by molar-refractivity contribution is 4.71. The highest BCUT2D eigenvalue weighted by Crippen LogP contribution is 2.05. The molecule has 0 aromatic heterocycles. The average Bonchev–Trinajstić information content (AvgIpc) is 2.41. The Labute approximate surface area is 112 Å². The van der Waals surface area contributed by atoms with Crippen LogP contribution in [0.2, 0.25) is 0 Å². The number of unbranched alkanes of at least 4 members (excludes halogenated alkanes) is 2. The predicted molar refractivity (Wildman–Crippen MR) is 76.9 cm³/mol. The molecule has 0 amide bonds. The van der Waals surface area contributed by atoms with Crippen LogP contribution in [0.3, 0.4) is 0 Å². The van der Waals surface area contributed by atoms with Crippen LogP contribution in [-0.2, 0) is 4.74 Å². The van der Waals surface area contributed by atoms with Gasteiger partial charge in [0.25, 0.3) is 0 Å². The SMILES string of the molecule is CCOCCCN1CCN(CCCCCN)CC1. The van der Waals surface area contributed by atoms with Gasteiger partial charge in [-0.2, -0.15) is 0 Å². The van der Waals surface area contributed by atoms with Crippen LogP contribution in [0.15, 0.2) is 0 Å². The van der Waals surface area contributed by atoms with Crippen LogP contribution in [0.25, 0.3) is 0 Å². The number of hydrogen-bond donors (Lipinski definition) is 1. The maximum absolute atomic E-state index is 5.50. The molecular formula is C14H31N3O. The largest absolute Gasteiger partial charge is 0.382 e. The number of nitrogens with zero attached hydrogens (tertiary/aromatic N) is 2. The van der Waals surface area contributed by atoms with Crippen LogP contribution in [0, 0.1) is 0 Å². The smallest absolute Gasteiger partial charge is 0.0478 e. The second kappa shape index (κ2) is 10.7. The summed E-state index contributed by atoms with van der Waals surface area (Å²) in [5, 5.41) is 0. The molecule has 18 heavy (non-hydrogen) atoms. The maximum Gasteiger partial charge on any atom is 0.0478 e. The van der Waals surface area contributed by atoms with E-state index in [0.29, 0.717) is 0 Å². The Morgan fingerprint density at radius 1 is 0.889 bits per heavy atom. The molecule has 4 heteroatoms. The summed E-state index contributed by atoms with van der Waals surface area (Å²) >= 11 is 0. The lowest BCUT2D eigenvalue weighted by atomic mass is 10.2. The average molecular weight is 257 g/mol. The van der Waals surface area contributed by atoms with Gasteiger partial charge in [-0.05, 0) is 39.3 Å². The number of ether oxygens (including phenoxy) is 1. The van der Waals surface area contributed by atoms with Gasteiger partial charge in [-0.3, -0.25) is 0 Å². The van der Waals surface area contributed by atoms with Crippen molar-refractivity contribution in [2.24, 2.45) is 5.73 Å². The molecule has 1 aliphatic heterocycles. The molecular weight excluding hydrogens is 226 g/mol. The summed E-state index contributed by atoms with van der Waals surface area (Å²) < 4.78 is 5.37. The van der Waals surface area contributed by atoms with Crippen molar-refractivity contribution in [1.29, 1.82) is 0 Å². The van der Waals surface area contributed by atoms with E-state index in [1.165, 1.54) is 65.0 Å². The Kier molecular flexibility index (Phi) is 9.48. The third-order valence-corrected chi connectivity index (χ3v) is 3.61. The zero-order valence-corrected chi connectivity index (χ0v) is 12.1. The Balaban J connectivity index is 1.95. The van der Waals surface area contributed by atoms with Crippen LogP contribution >= 0.6 is 0 Å². The quantitative estimate of drug-likeness (QED) is 0.596. The van der Waals surface area contributed by atoms with Gasteiger partial charge in [-0.25, -0.2) is 0 Å². The monoisotopic (exact) mass is 257 g/mol. The first-order chi connectivity index (χ1) is 8.86. The van der Waals surface area contributed by atoms with E-state index in [2.05, 4.69) is 16.7 Å². The van der Waals surface area contributed by atoms with Gasteiger partial charge in [0.1, 0.15) is 0 Å². The summed E-state index contributed by atoms with van der Waals surface area (Å²) in [6.45, 7) is 12.0. The molecule has 1 fully saturated rings. The predicted octanol–water partition coefficient (Wildman–Crippen LogP) is 1.16. The molecule has 2 N–H and O–H groups in total. The third-order valence-electron chi connectivity index (χ3n) is 3.61. The Hall–Kier alpha value is -0.160. The highest BCUT2D eigenvalue weighted by atomic mass is 16.5. The minimum atomic E-state index is 0.841. The maximum atomic E-state index is 5.50. The van der Waals surface area contributed by atoms with E-state index in [1.807, 2.05) is 0 Å². The molecule has 0 aliphatic carbocycles. The zero-order chi connectivity index (χ0) is 13.1. The topological polar surface area (TPSA) is 41.7 Å². The van der Waals surface area contributed by atoms with E-state index in [0.717, 1.165) is 19.8 Å². The lowest BCUT2D eigenvalue weighted by molar-refractivity contribution is 0.104. The summed E-state index contributed by atoms with van der Waals surface area (Å²) in [4.78, 5) is 5.16. The number of rotatable bonds is 10. The van der Waals surface area contributed by atoms with Crippen LogP contribution < -0.4 is 5.73 Å². The lowest BCUT2D eigenvalue weighted by Gasteiger charge is -2.34. The Bertz CT molecular complexity index is 162. The fourth-order valence-corrected chi connectivity index (χ4v) is 2.43. The second-order valence-corrected chi connectivity index (χ2v) is 5.08. The van der Waals surface area contributed by atoms with Gasteiger partial charge in [0.15, 0.2) is 0 Å². The Morgan fingerprint density at radius 3 is 2.06 bits per heavy atom. The molecule has 108 valence electrons. The molecule has 1 rings (SSSR count). The van der Waals surface area contributed by atoms with Gasteiger partial charge >= 0.3 is 0 Å². The summed E-state index contributed by atoms with van der Waals surface area (Å²) in [7, 11) is 0. The summed E-state index contributed by atoms with van der Waals surface area (Å²) in [5.74, 6) is 0. The minimum absolute atomic E-state index is 0.841. The van der Waals surface area contributed by atoms with Crippen LogP contribution in [0.5, 0.6) is 0 Å². The van der Waals surface area contributed by atoms with E-state index in [1.54, 1.807) is 0 Å². The minimum Gasteiger partial charge on any atom is -0.382 e. The van der Waals surface area contributed by atoms with E-state index in [9.17, 15) is 0 Å². The van der Waals surface area contributed by atoms with Gasteiger partial charge in [-0.15, -0.1) is 0 Å². The normalized spacial score (nSPS) is 18.3. The van der Waals surface area contributed by atoms with Crippen LogP contribution in [0.1, 0.15) is 32.6 Å². The summed E-state index contributed by atoms with van der Waals surface area (Å²) in [6.07, 6.45) is 4.94. The summed E-state index contributed by atoms with van der Waals surface area (Å²) in [5.41, 5.74) is 5.50. The van der Waals surface area contributed by atoms with Gasteiger partial charge in [0.2, 0.25) is 0 Å². The molecule has 0 radical (unpaired) electrons. The third kappa shape index (κ3) is 7.31.